The molecule has 0 aromatic carbocycles. The van der Waals surface area contributed by atoms with Crippen LogP contribution in [0.5, 0.6) is 0 Å². The lowest BCUT2D eigenvalue weighted by Crippen LogP contribution is -2.31. The van der Waals surface area contributed by atoms with Crippen LogP contribution in [0.4, 0.5) is 4.79 Å². The summed E-state index contributed by atoms with van der Waals surface area (Å²) >= 11 is 0. The van der Waals surface area contributed by atoms with Crippen molar-refractivity contribution >= 4 is 6.09 Å². The molecule has 0 fully saturated rings. The maximum Gasteiger partial charge on any atom is 0.409 e. The molecule has 0 aliphatic carbocycles. The van der Waals surface area contributed by atoms with E-state index in [9.17, 15) is 4.79 Å². The molecule has 0 N–H and O–H groups in total. The summed E-state index contributed by atoms with van der Waals surface area (Å²) in [5.41, 5.74) is 0. The predicted octanol–water partition coefficient (Wildman–Crippen LogP) is 1.50. The zero-order chi connectivity index (χ0) is 10.1. The first-order valence-electron chi connectivity index (χ1n) is 4.75. The topological polar surface area (TPSA) is 38.8 Å². The summed E-state index contributed by atoms with van der Waals surface area (Å²) in [4.78, 5) is 12.8. The third-order valence-corrected chi connectivity index (χ3v) is 1.68. The standard InChI is InChI=1S/C9H19NO3/c1-4-10(5-2)9(11)13-8-7-12-6-3/h4-8H2,1-3H3. The van der Waals surface area contributed by atoms with Crippen LogP contribution in [0.2, 0.25) is 0 Å². The van der Waals surface area contributed by atoms with E-state index in [4.69, 9.17) is 9.47 Å². The van der Waals surface area contributed by atoms with Crippen LogP contribution in [-0.4, -0.2) is 43.9 Å². The number of nitrogens with zero attached hydrogens (tertiary/aromatic N) is 1. The Balaban J connectivity index is 3.48. The number of rotatable bonds is 6. The average molecular weight is 189 g/mol. The van der Waals surface area contributed by atoms with E-state index in [1.165, 1.54) is 0 Å². The fourth-order valence-electron chi connectivity index (χ4n) is 0.905. The van der Waals surface area contributed by atoms with Gasteiger partial charge in [-0.15, -0.1) is 0 Å². The van der Waals surface area contributed by atoms with Crippen molar-refractivity contribution in [1.82, 2.24) is 4.90 Å². The summed E-state index contributed by atoms with van der Waals surface area (Å²) in [5, 5.41) is 0. The van der Waals surface area contributed by atoms with Crippen molar-refractivity contribution in [3.05, 3.63) is 0 Å². The van der Waals surface area contributed by atoms with E-state index >= 15 is 0 Å². The molecule has 78 valence electrons. The van der Waals surface area contributed by atoms with Gasteiger partial charge in [0, 0.05) is 19.7 Å². The highest BCUT2D eigenvalue weighted by Crippen LogP contribution is 1.92. The summed E-state index contributed by atoms with van der Waals surface area (Å²) in [5.74, 6) is 0. The minimum absolute atomic E-state index is 0.260. The number of hydrogen-bond donors (Lipinski definition) is 0. The Labute approximate surface area is 79.8 Å². The van der Waals surface area contributed by atoms with Crippen molar-refractivity contribution < 1.29 is 14.3 Å². The fraction of sp³-hybridized carbons (Fsp3) is 0.889. The van der Waals surface area contributed by atoms with Crippen molar-refractivity contribution in [2.45, 2.75) is 20.8 Å². The third kappa shape index (κ3) is 5.47. The number of hydrogen-bond acceptors (Lipinski definition) is 3. The van der Waals surface area contributed by atoms with Gasteiger partial charge in [-0.25, -0.2) is 4.79 Å². The van der Waals surface area contributed by atoms with E-state index in [2.05, 4.69) is 0 Å². The summed E-state index contributed by atoms with van der Waals surface area (Å²) in [7, 11) is 0. The van der Waals surface area contributed by atoms with Crippen LogP contribution in [0.25, 0.3) is 0 Å². The summed E-state index contributed by atoms with van der Waals surface area (Å²) in [6, 6.07) is 0. The van der Waals surface area contributed by atoms with Gasteiger partial charge in [0.15, 0.2) is 0 Å². The molecule has 0 aromatic heterocycles. The average Bonchev–Trinajstić information content (AvgIpc) is 2.14. The van der Waals surface area contributed by atoms with Crippen LogP contribution >= 0.6 is 0 Å². The van der Waals surface area contributed by atoms with Crippen molar-refractivity contribution in [1.29, 1.82) is 0 Å². The molecule has 4 nitrogen and oxygen atoms in total. The molecular weight excluding hydrogens is 170 g/mol. The lowest BCUT2D eigenvalue weighted by molar-refractivity contribution is 0.0607. The quantitative estimate of drug-likeness (QED) is 0.594. The molecule has 0 saturated heterocycles. The van der Waals surface area contributed by atoms with E-state index < -0.39 is 0 Å². The SMILES string of the molecule is CCOCCOC(=O)N(CC)CC. The molecule has 0 atom stereocenters. The van der Waals surface area contributed by atoms with Crippen molar-refractivity contribution in [3.63, 3.8) is 0 Å². The Kier molecular flexibility index (Phi) is 7.39. The molecule has 0 bridgehead atoms. The Morgan fingerprint density at radius 1 is 1.15 bits per heavy atom. The highest BCUT2D eigenvalue weighted by atomic mass is 16.6. The van der Waals surface area contributed by atoms with Gasteiger partial charge >= 0.3 is 6.09 Å². The van der Waals surface area contributed by atoms with Gasteiger partial charge in [0.05, 0.1) is 6.61 Å². The van der Waals surface area contributed by atoms with Crippen LogP contribution < -0.4 is 0 Å². The second-order valence-corrected chi connectivity index (χ2v) is 2.48. The van der Waals surface area contributed by atoms with Crippen molar-refractivity contribution in [2.75, 3.05) is 32.9 Å². The molecule has 0 saturated carbocycles. The lowest BCUT2D eigenvalue weighted by Gasteiger charge is -2.17. The minimum Gasteiger partial charge on any atom is -0.447 e. The van der Waals surface area contributed by atoms with Crippen LogP contribution in [-0.2, 0) is 9.47 Å². The van der Waals surface area contributed by atoms with E-state index in [1.54, 1.807) is 4.90 Å². The van der Waals surface area contributed by atoms with Gasteiger partial charge in [0.25, 0.3) is 0 Å². The third-order valence-electron chi connectivity index (χ3n) is 1.68. The second kappa shape index (κ2) is 7.86. The lowest BCUT2D eigenvalue weighted by atomic mass is 10.5. The maximum atomic E-state index is 11.2. The van der Waals surface area contributed by atoms with E-state index in [0.717, 1.165) is 0 Å². The Hall–Kier alpha value is -0.770. The Bertz CT molecular complexity index is 135. The van der Waals surface area contributed by atoms with Gasteiger partial charge in [-0.05, 0) is 20.8 Å². The van der Waals surface area contributed by atoms with E-state index in [1.807, 2.05) is 20.8 Å². The molecule has 0 rings (SSSR count). The highest BCUT2D eigenvalue weighted by Gasteiger charge is 2.09. The van der Waals surface area contributed by atoms with E-state index in [0.29, 0.717) is 32.9 Å². The fourth-order valence-corrected chi connectivity index (χ4v) is 0.905. The molecule has 0 aromatic rings. The molecule has 4 heteroatoms. The summed E-state index contributed by atoms with van der Waals surface area (Å²) in [6.45, 7) is 8.59. The number of carbonyl (C=O) groups is 1. The smallest absolute Gasteiger partial charge is 0.409 e. The molecule has 0 spiro atoms. The van der Waals surface area contributed by atoms with Gasteiger partial charge in [0.2, 0.25) is 0 Å². The molecular formula is C9H19NO3. The van der Waals surface area contributed by atoms with Crippen LogP contribution in [0.15, 0.2) is 0 Å². The molecule has 1 amide bonds. The van der Waals surface area contributed by atoms with Gasteiger partial charge in [-0.3, -0.25) is 0 Å². The molecule has 0 unspecified atom stereocenters. The largest absolute Gasteiger partial charge is 0.447 e. The molecule has 13 heavy (non-hydrogen) atoms. The van der Waals surface area contributed by atoms with Gasteiger partial charge in [-0.2, -0.15) is 0 Å². The minimum atomic E-state index is -0.260. The summed E-state index contributed by atoms with van der Waals surface area (Å²) in [6.07, 6.45) is -0.260. The second-order valence-electron chi connectivity index (χ2n) is 2.48. The number of carbonyl (C=O) groups excluding carboxylic acids is 1. The van der Waals surface area contributed by atoms with Crippen molar-refractivity contribution in [2.24, 2.45) is 0 Å². The normalized spacial score (nSPS) is 9.77. The summed E-state index contributed by atoms with van der Waals surface area (Å²) < 4.78 is 9.99. The molecule has 0 aliphatic heterocycles. The maximum absolute atomic E-state index is 11.2. The Morgan fingerprint density at radius 3 is 2.23 bits per heavy atom. The highest BCUT2D eigenvalue weighted by molar-refractivity contribution is 5.67. The number of amides is 1. The predicted molar refractivity (Wildman–Crippen MR) is 50.8 cm³/mol. The van der Waals surface area contributed by atoms with Crippen LogP contribution in [0, 0.1) is 0 Å². The van der Waals surface area contributed by atoms with Crippen LogP contribution in [0.3, 0.4) is 0 Å². The van der Waals surface area contributed by atoms with Gasteiger partial charge in [0.1, 0.15) is 6.61 Å². The first-order chi connectivity index (χ1) is 6.26. The van der Waals surface area contributed by atoms with E-state index in [-0.39, 0.29) is 6.09 Å². The van der Waals surface area contributed by atoms with Crippen LogP contribution in [0.1, 0.15) is 20.8 Å². The molecule has 0 radical (unpaired) electrons. The monoisotopic (exact) mass is 189 g/mol. The van der Waals surface area contributed by atoms with Gasteiger partial charge < -0.3 is 14.4 Å². The first kappa shape index (κ1) is 12.2. The first-order valence-corrected chi connectivity index (χ1v) is 4.75. The van der Waals surface area contributed by atoms with Crippen molar-refractivity contribution in [3.8, 4) is 0 Å². The molecule has 0 heterocycles. The number of ether oxygens (including phenoxy) is 2. The molecule has 0 aliphatic rings. The zero-order valence-corrected chi connectivity index (χ0v) is 8.71. The zero-order valence-electron chi connectivity index (χ0n) is 8.71. The Morgan fingerprint density at radius 2 is 1.77 bits per heavy atom. The van der Waals surface area contributed by atoms with Gasteiger partial charge in [-0.1, -0.05) is 0 Å².